The minimum Gasteiger partial charge on any atom is -0.374 e. The second-order valence-electron chi connectivity index (χ2n) is 5.43. The quantitative estimate of drug-likeness (QED) is 0.808. The van der Waals surface area contributed by atoms with Crippen LogP contribution in [0.2, 0.25) is 0 Å². The molecular weight excluding hydrogens is 224 g/mol. The monoisotopic (exact) mass is 250 g/mol. The summed E-state index contributed by atoms with van der Waals surface area (Å²) in [6.07, 6.45) is 1.00. The van der Waals surface area contributed by atoms with Crippen LogP contribution in [0.1, 0.15) is 27.2 Å². The number of hydrogen-bond donors (Lipinski definition) is 1. The summed E-state index contributed by atoms with van der Waals surface area (Å²) in [7, 11) is 0. The second-order valence-corrected chi connectivity index (χ2v) is 5.43. The van der Waals surface area contributed by atoms with Crippen molar-refractivity contribution in [2.75, 3.05) is 31.1 Å². The van der Waals surface area contributed by atoms with E-state index in [-0.39, 0.29) is 5.60 Å². The average Bonchev–Trinajstić information content (AvgIpc) is 2.33. The summed E-state index contributed by atoms with van der Waals surface area (Å²) in [6.45, 7) is 9.60. The molecule has 0 amide bonds. The Morgan fingerprint density at radius 1 is 1.11 bits per heavy atom. The Kier molecular flexibility index (Phi) is 6.16. The van der Waals surface area contributed by atoms with Crippen LogP contribution in [0.25, 0.3) is 0 Å². The van der Waals surface area contributed by atoms with Crippen LogP contribution in [0.15, 0.2) is 30.3 Å². The first-order valence-corrected chi connectivity index (χ1v) is 6.67. The van der Waals surface area contributed by atoms with E-state index < -0.39 is 0 Å². The highest BCUT2D eigenvalue weighted by Gasteiger charge is 2.11. The summed E-state index contributed by atoms with van der Waals surface area (Å²) >= 11 is 0. The van der Waals surface area contributed by atoms with Crippen LogP contribution in [0, 0.1) is 0 Å². The molecule has 1 aromatic rings. The van der Waals surface area contributed by atoms with Gasteiger partial charge in [-0.15, -0.1) is 0 Å². The molecule has 0 bridgehead atoms. The molecule has 3 nitrogen and oxygen atoms in total. The normalized spacial score (nSPS) is 11.6. The molecule has 2 N–H and O–H groups in total. The number of anilines is 1. The SMILES string of the molecule is CC(C)(C)OCCN(CCCN)c1ccccc1. The molecule has 0 saturated heterocycles. The van der Waals surface area contributed by atoms with Crippen molar-refractivity contribution in [1.82, 2.24) is 0 Å². The molecule has 0 aliphatic carbocycles. The maximum absolute atomic E-state index is 5.79. The Hall–Kier alpha value is -1.06. The lowest BCUT2D eigenvalue weighted by Gasteiger charge is -2.27. The summed E-state index contributed by atoms with van der Waals surface area (Å²) in [5.74, 6) is 0. The lowest BCUT2D eigenvalue weighted by Crippen LogP contribution is -2.32. The van der Waals surface area contributed by atoms with Crippen LogP contribution < -0.4 is 10.6 Å². The third-order valence-corrected chi connectivity index (χ3v) is 2.65. The van der Waals surface area contributed by atoms with Gasteiger partial charge in [0.25, 0.3) is 0 Å². The van der Waals surface area contributed by atoms with Crippen LogP contribution in [0.4, 0.5) is 5.69 Å². The van der Waals surface area contributed by atoms with E-state index >= 15 is 0 Å². The van der Waals surface area contributed by atoms with E-state index in [0.717, 1.165) is 32.7 Å². The zero-order valence-corrected chi connectivity index (χ0v) is 11.9. The van der Waals surface area contributed by atoms with Gasteiger partial charge in [-0.05, 0) is 45.9 Å². The molecule has 102 valence electrons. The lowest BCUT2D eigenvalue weighted by molar-refractivity contribution is 0.00135. The Bertz CT molecular complexity index is 319. The van der Waals surface area contributed by atoms with Crippen LogP contribution in [0.3, 0.4) is 0 Å². The van der Waals surface area contributed by atoms with Gasteiger partial charge in [0, 0.05) is 18.8 Å². The van der Waals surface area contributed by atoms with E-state index in [9.17, 15) is 0 Å². The third-order valence-electron chi connectivity index (χ3n) is 2.65. The summed E-state index contributed by atoms with van der Waals surface area (Å²) in [5.41, 5.74) is 6.76. The molecule has 0 aliphatic rings. The minimum absolute atomic E-state index is 0.0732. The maximum atomic E-state index is 5.79. The highest BCUT2D eigenvalue weighted by Crippen LogP contribution is 2.14. The number of nitrogens with zero attached hydrogens (tertiary/aromatic N) is 1. The molecule has 0 aromatic heterocycles. The molecule has 0 unspecified atom stereocenters. The summed E-state index contributed by atoms with van der Waals surface area (Å²) in [6, 6.07) is 10.4. The van der Waals surface area contributed by atoms with Crippen molar-refractivity contribution in [3.63, 3.8) is 0 Å². The lowest BCUT2D eigenvalue weighted by atomic mass is 10.2. The predicted octanol–water partition coefficient (Wildman–Crippen LogP) is 2.66. The van der Waals surface area contributed by atoms with Crippen LogP contribution >= 0.6 is 0 Å². The van der Waals surface area contributed by atoms with E-state index in [4.69, 9.17) is 10.5 Å². The summed E-state index contributed by atoms with van der Waals surface area (Å²) in [5, 5.41) is 0. The standard InChI is InChI=1S/C15H26N2O/c1-15(2,3)18-13-12-17(11-7-10-16)14-8-5-4-6-9-14/h4-6,8-9H,7,10-13,16H2,1-3H3. The molecule has 3 heteroatoms. The van der Waals surface area contributed by atoms with Crippen molar-refractivity contribution >= 4 is 5.69 Å². The van der Waals surface area contributed by atoms with Gasteiger partial charge in [-0.2, -0.15) is 0 Å². The van der Waals surface area contributed by atoms with E-state index in [2.05, 4.69) is 49.9 Å². The number of ether oxygens (including phenoxy) is 1. The van der Waals surface area contributed by atoms with Crippen LogP contribution in [-0.4, -0.2) is 31.8 Å². The van der Waals surface area contributed by atoms with Gasteiger partial charge < -0.3 is 15.4 Å². The summed E-state index contributed by atoms with van der Waals surface area (Å²) < 4.78 is 5.79. The topological polar surface area (TPSA) is 38.5 Å². The molecule has 18 heavy (non-hydrogen) atoms. The first-order chi connectivity index (χ1) is 8.53. The van der Waals surface area contributed by atoms with Gasteiger partial charge in [-0.25, -0.2) is 0 Å². The molecule has 0 heterocycles. The first-order valence-electron chi connectivity index (χ1n) is 6.67. The van der Waals surface area contributed by atoms with Gasteiger partial charge in [0.15, 0.2) is 0 Å². The molecule has 0 saturated carbocycles. The van der Waals surface area contributed by atoms with Gasteiger partial charge in [-0.3, -0.25) is 0 Å². The Labute approximate surface area is 111 Å². The molecular formula is C15H26N2O. The largest absolute Gasteiger partial charge is 0.374 e. The van der Waals surface area contributed by atoms with E-state index in [1.54, 1.807) is 0 Å². The molecule has 0 atom stereocenters. The minimum atomic E-state index is -0.0732. The Balaban J connectivity index is 2.51. The second kappa shape index (κ2) is 7.39. The zero-order valence-electron chi connectivity index (χ0n) is 11.9. The van der Waals surface area contributed by atoms with Crippen molar-refractivity contribution < 1.29 is 4.74 Å². The van der Waals surface area contributed by atoms with Gasteiger partial charge in [0.2, 0.25) is 0 Å². The fourth-order valence-corrected chi connectivity index (χ4v) is 1.75. The fraction of sp³-hybridized carbons (Fsp3) is 0.600. The van der Waals surface area contributed by atoms with Crippen molar-refractivity contribution in [3.05, 3.63) is 30.3 Å². The average molecular weight is 250 g/mol. The highest BCUT2D eigenvalue weighted by molar-refractivity contribution is 5.45. The molecule has 0 aliphatic heterocycles. The number of para-hydroxylation sites is 1. The van der Waals surface area contributed by atoms with E-state index in [1.807, 2.05) is 6.07 Å². The zero-order chi connectivity index (χ0) is 13.4. The Morgan fingerprint density at radius 3 is 2.33 bits per heavy atom. The maximum Gasteiger partial charge on any atom is 0.0648 e. The van der Waals surface area contributed by atoms with Crippen molar-refractivity contribution in [2.24, 2.45) is 5.73 Å². The Morgan fingerprint density at radius 2 is 1.78 bits per heavy atom. The molecule has 1 rings (SSSR count). The fourth-order valence-electron chi connectivity index (χ4n) is 1.75. The molecule has 1 aromatic carbocycles. The van der Waals surface area contributed by atoms with Crippen molar-refractivity contribution in [1.29, 1.82) is 0 Å². The van der Waals surface area contributed by atoms with E-state index in [0.29, 0.717) is 0 Å². The highest BCUT2D eigenvalue weighted by atomic mass is 16.5. The van der Waals surface area contributed by atoms with Crippen LogP contribution in [-0.2, 0) is 4.74 Å². The van der Waals surface area contributed by atoms with Crippen LogP contribution in [0.5, 0.6) is 0 Å². The summed E-state index contributed by atoms with van der Waals surface area (Å²) in [4.78, 5) is 2.33. The van der Waals surface area contributed by atoms with Gasteiger partial charge in [0.05, 0.1) is 12.2 Å². The third kappa shape index (κ3) is 6.03. The predicted molar refractivity (Wildman–Crippen MR) is 78.0 cm³/mol. The first kappa shape index (κ1) is 15.0. The van der Waals surface area contributed by atoms with Crippen molar-refractivity contribution in [2.45, 2.75) is 32.8 Å². The number of rotatable bonds is 7. The van der Waals surface area contributed by atoms with Gasteiger partial charge in [0.1, 0.15) is 0 Å². The number of benzene rings is 1. The van der Waals surface area contributed by atoms with Crippen molar-refractivity contribution in [3.8, 4) is 0 Å². The molecule has 0 radical (unpaired) electrons. The molecule has 0 spiro atoms. The van der Waals surface area contributed by atoms with Gasteiger partial charge in [-0.1, -0.05) is 18.2 Å². The van der Waals surface area contributed by atoms with E-state index in [1.165, 1.54) is 5.69 Å². The smallest absolute Gasteiger partial charge is 0.0648 e. The number of nitrogens with two attached hydrogens (primary N) is 1. The number of hydrogen-bond acceptors (Lipinski definition) is 3. The molecule has 0 fully saturated rings. The van der Waals surface area contributed by atoms with Gasteiger partial charge >= 0.3 is 0 Å².